The van der Waals surface area contributed by atoms with Crippen molar-refractivity contribution in [2.45, 2.75) is 38.9 Å². The van der Waals surface area contributed by atoms with Gasteiger partial charge in [0.05, 0.1) is 12.2 Å². The fraction of sp³-hybridized carbons (Fsp3) is 0.625. The van der Waals surface area contributed by atoms with E-state index in [1.807, 2.05) is 13.8 Å². The van der Waals surface area contributed by atoms with Gasteiger partial charge in [0.15, 0.2) is 0 Å². The van der Waals surface area contributed by atoms with Crippen LogP contribution in [0, 0.1) is 0 Å². The van der Waals surface area contributed by atoms with Gasteiger partial charge in [0.2, 0.25) is 0 Å². The molecule has 0 aromatic heterocycles. The second-order valence-corrected chi connectivity index (χ2v) is 4.85. The Balaban J connectivity index is 2.64. The summed E-state index contributed by atoms with van der Waals surface area (Å²) in [7, 11) is 0. The van der Waals surface area contributed by atoms with Crippen LogP contribution in [0.1, 0.15) is 25.0 Å². The minimum absolute atomic E-state index is 0.0902. The molecule has 1 rings (SSSR count). The SMILES string of the molecule is CCOC(CN)Cc1cccc(CC(CN)OCC)c1. The first-order valence-electron chi connectivity index (χ1n) is 7.44. The van der Waals surface area contributed by atoms with E-state index < -0.39 is 0 Å². The molecule has 0 bridgehead atoms. The van der Waals surface area contributed by atoms with Crippen molar-refractivity contribution in [1.82, 2.24) is 0 Å². The number of hydrogen-bond acceptors (Lipinski definition) is 4. The maximum atomic E-state index is 5.73. The molecule has 0 aliphatic heterocycles. The van der Waals surface area contributed by atoms with Crippen molar-refractivity contribution in [1.29, 1.82) is 0 Å². The van der Waals surface area contributed by atoms with E-state index in [9.17, 15) is 0 Å². The maximum absolute atomic E-state index is 5.73. The average molecular weight is 280 g/mol. The van der Waals surface area contributed by atoms with Crippen LogP contribution in [-0.2, 0) is 22.3 Å². The number of ether oxygens (including phenoxy) is 2. The molecule has 0 saturated heterocycles. The predicted octanol–water partition coefficient (Wildman–Crippen LogP) is 1.50. The summed E-state index contributed by atoms with van der Waals surface area (Å²) in [6.45, 7) is 6.47. The minimum Gasteiger partial charge on any atom is -0.377 e. The molecule has 0 aliphatic rings. The number of rotatable bonds is 10. The molecule has 0 heterocycles. The zero-order valence-corrected chi connectivity index (χ0v) is 12.7. The molecule has 1 aromatic rings. The van der Waals surface area contributed by atoms with E-state index in [-0.39, 0.29) is 12.2 Å². The first-order valence-corrected chi connectivity index (χ1v) is 7.44. The number of benzene rings is 1. The third-order valence-corrected chi connectivity index (χ3v) is 3.25. The van der Waals surface area contributed by atoms with E-state index >= 15 is 0 Å². The van der Waals surface area contributed by atoms with E-state index in [2.05, 4.69) is 24.3 Å². The molecule has 2 unspecified atom stereocenters. The Morgan fingerprint density at radius 2 is 1.35 bits per heavy atom. The number of hydrogen-bond donors (Lipinski definition) is 2. The Labute approximate surface area is 122 Å². The van der Waals surface area contributed by atoms with Crippen LogP contribution in [-0.4, -0.2) is 38.5 Å². The third kappa shape index (κ3) is 6.01. The van der Waals surface area contributed by atoms with E-state index in [4.69, 9.17) is 20.9 Å². The summed E-state index contributed by atoms with van der Waals surface area (Å²) in [5.41, 5.74) is 13.9. The van der Waals surface area contributed by atoms with Gasteiger partial charge >= 0.3 is 0 Å². The smallest absolute Gasteiger partial charge is 0.0737 e. The maximum Gasteiger partial charge on any atom is 0.0737 e. The van der Waals surface area contributed by atoms with Gasteiger partial charge in [-0.3, -0.25) is 0 Å². The molecule has 4 heteroatoms. The quantitative estimate of drug-likeness (QED) is 0.681. The highest BCUT2D eigenvalue weighted by molar-refractivity contribution is 5.24. The minimum atomic E-state index is 0.0902. The van der Waals surface area contributed by atoms with Gasteiger partial charge in [0.25, 0.3) is 0 Å². The van der Waals surface area contributed by atoms with Gasteiger partial charge < -0.3 is 20.9 Å². The first kappa shape index (κ1) is 17.1. The largest absolute Gasteiger partial charge is 0.377 e. The summed E-state index contributed by atoms with van der Waals surface area (Å²) in [6, 6.07) is 8.50. The van der Waals surface area contributed by atoms with E-state index in [0.29, 0.717) is 26.3 Å². The van der Waals surface area contributed by atoms with Crippen molar-refractivity contribution < 1.29 is 9.47 Å². The zero-order chi connectivity index (χ0) is 14.8. The van der Waals surface area contributed by atoms with Crippen molar-refractivity contribution in [3.63, 3.8) is 0 Å². The molecule has 4 nitrogen and oxygen atoms in total. The molecule has 0 spiro atoms. The van der Waals surface area contributed by atoms with Gasteiger partial charge in [-0.1, -0.05) is 24.3 Å². The fourth-order valence-electron chi connectivity index (χ4n) is 2.30. The van der Waals surface area contributed by atoms with Crippen molar-refractivity contribution >= 4 is 0 Å². The molecule has 0 fully saturated rings. The molecule has 0 radical (unpaired) electrons. The molecule has 1 aromatic carbocycles. The molecular formula is C16H28N2O2. The third-order valence-electron chi connectivity index (χ3n) is 3.25. The monoisotopic (exact) mass is 280 g/mol. The summed E-state index contributed by atoms with van der Waals surface area (Å²) in [5.74, 6) is 0. The summed E-state index contributed by atoms with van der Waals surface area (Å²) in [6.07, 6.45) is 1.88. The summed E-state index contributed by atoms with van der Waals surface area (Å²) in [4.78, 5) is 0. The normalized spacial score (nSPS) is 14.2. The van der Waals surface area contributed by atoms with Crippen LogP contribution >= 0.6 is 0 Å². The summed E-state index contributed by atoms with van der Waals surface area (Å²) in [5, 5.41) is 0. The molecular weight excluding hydrogens is 252 g/mol. The topological polar surface area (TPSA) is 70.5 Å². The Bertz CT molecular complexity index is 340. The number of nitrogens with two attached hydrogens (primary N) is 2. The van der Waals surface area contributed by atoms with Crippen LogP contribution in [0.15, 0.2) is 24.3 Å². The highest BCUT2D eigenvalue weighted by atomic mass is 16.5. The van der Waals surface area contributed by atoms with Gasteiger partial charge in [-0.2, -0.15) is 0 Å². The van der Waals surface area contributed by atoms with Crippen LogP contribution in [0.4, 0.5) is 0 Å². The second kappa shape index (κ2) is 9.88. The van der Waals surface area contributed by atoms with Gasteiger partial charge in [-0.15, -0.1) is 0 Å². The van der Waals surface area contributed by atoms with Crippen LogP contribution in [0.3, 0.4) is 0 Å². The van der Waals surface area contributed by atoms with Crippen LogP contribution in [0.25, 0.3) is 0 Å². The van der Waals surface area contributed by atoms with Crippen LogP contribution < -0.4 is 11.5 Å². The Morgan fingerprint density at radius 1 is 0.900 bits per heavy atom. The molecule has 4 N–H and O–H groups in total. The molecule has 0 amide bonds. The van der Waals surface area contributed by atoms with Crippen LogP contribution in [0.2, 0.25) is 0 Å². The standard InChI is InChI=1S/C16H28N2O2/c1-3-19-15(11-17)9-13-6-5-7-14(8-13)10-16(12-18)20-4-2/h5-8,15-16H,3-4,9-12,17-18H2,1-2H3. The lowest BCUT2D eigenvalue weighted by Crippen LogP contribution is -2.27. The Hall–Kier alpha value is -0.940. The molecule has 114 valence electrons. The van der Waals surface area contributed by atoms with Gasteiger partial charge in [-0.25, -0.2) is 0 Å². The summed E-state index contributed by atoms with van der Waals surface area (Å²) >= 11 is 0. The lowest BCUT2D eigenvalue weighted by molar-refractivity contribution is 0.0686. The van der Waals surface area contributed by atoms with E-state index in [0.717, 1.165) is 12.8 Å². The fourth-order valence-corrected chi connectivity index (χ4v) is 2.30. The Kier molecular flexibility index (Phi) is 8.46. The van der Waals surface area contributed by atoms with E-state index in [1.165, 1.54) is 11.1 Å². The molecule has 0 aliphatic carbocycles. The predicted molar refractivity (Wildman–Crippen MR) is 82.8 cm³/mol. The first-order chi connectivity index (χ1) is 9.73. The van der Waals surface area contributed by atoms with Crippen molar-refractivity contribution in [2.75, 3.05) is 26.3 Å². The van der Waals surface area contributed by atoms with E-state index in [1.54, 1.807) is 0 Å². The lowest BCUT2D eigenvalue weighted by Gasteiger charge is -2.17. The van der Waals surface area contributed by atoms with Gasteiger partial charge in [0.1, 0.15) is 0 Å². The molecule has 0 saturated carbocycles. The molecule has 2 atom stereocenters. The highest BCUT2D eigenvalue weighted by Crippen LogP contribution is 2.12. The van der Waals surface area contributed by atoms with Gasteiger partial charge in [0, 0.05) is 26.3 Å². The van der Waals surface area contributed by atoms with Gasteiger partial charge in [-0.05, 0) is 37.8 Å². The molecule has 20 heavy (non-hydrogen) atoms. The lowest BCUT2D eigenvalue weighted by atomic mass is 10.0. The van der Waals surface area contributed by atoms with Crippen molar-refractivity contribution in [2.24, 2.45) is 11.5 Å². The highest BCUT2D eigenvalue weighted by Gasteiger charge is 2.10. The zero-order valence-electron chi connectivity index (χ0n) is 12.7. The van der Waals surface area contributed by atoms with Crippen molar-refractivity contribution in [3.05, 3.63) is 35.4 Å². The van der Waals surface area contributed by atoms with Crippen LogP contribution in [0.5, 0.6) is 0 Å². The Morgan fingerprint density at radius 3 is 1.70 bits per heavy atom. The second-order valence-electron chi connectivity index (χ2n) is 4.85. The van der Waals surface area contributed by atoms with Crippen molar-refractivity contribution in [3.8, 4) is 0 Å². The average Bonchev–Trinajstić information content (AvgIpc) is 2.46. The summed E-state index contributed by atoms with van der Waals surface area (Å²) < 4.78 is 11.2.